The van der Waals surface area contributed by atoms with E-state index in [1.54, 1.807) is 42.3 Å². The molecule has 2 aromatic carbocycles. The van der Waals surface area contributed by atoms with Crippen LogP contribution < -0.4 is 15.4 Å². The monoisotopic (exact) mass is 362 g/mol. The predicted molar refractivity (Wildman–Crippen MR) is 102 cm³/mol. The van der Waals surface area contributed by atoms with Crippen LogP contribution in [0.1, 0.15) is 12.5 Å². The molecule has 1 unspecified atom stereocenters. The van der Waals surface area contributed by atoms with E-state index in [2.05, 4.69) is 15.7 Å². The first kappa shape index (κ1) is 16.8. The van der Waals surface area contributed by atoms with E-state index < -0.39 is 6.04 Å². The second-order valence-corrected chi connectivity index (χ2v) is 6.20. The molecule has 0 spiro atoms. The van der Waals surface area contributed by atoms with Crippen LogP contribution in [0.2, 0.25) is 0 Å². The molecule has 136 valence electrons. The van der Waals surface area contributed by atoms with Crippen molar-refractivity contribution < 1.29 is 14.3 Å². The van der Waals surface area contributed by atoms with Gasteiger partial charge in [-0.3, -0.25) is 9.59 Å². The van der Waals surface area contributed by atoms with Crippen molar-refractivity contribution in [3.05, 3.63) is 60.8 Å². The summed E-state index contributed by atoms with van der Waals surface area (Å²) in [6.07, 6.45) is 1.71. The number of carbonyl (C=O) groups is 2. The Labute approximate surface area is 156 Å². The fourth-order valence-corrected chi connectivity index (χ4v) is 3.10. The summed E-state index contributed by atoms with van der Waals surface area (Å²) in [5.41, 5.74) is 2.44. The van der Waals surface area contributed by atoms with Crippen molar-refractivity contribution in [2.45, 2.75) is 12.5 Å². The third-order valence-electron chi connectivity index (χ3n) is 4.47. The molecule has 0 bridgehead atoms. The number of fused-ring (bicyclic) bond motifs is 1. The molecule has 0 radical (unpaired) electrons. The summed E-state index contributed by atoms with van der Waals surface area (Å²) in [6.45, 7) is 0. The zero-order valence-corrected chi connectivity index (χ0v) is 14.7. The third kappa shape index (κ3) is 3.27. The van der Waals surface area contributed by atoms with Crippen LogP contribution in [0, 0.1) is 0 Å². The fourth-order valence-electron chi connectivity index (χ4n) is 3.10. The number of amides is 2. The lowest BCUT2D eigenvalue weighted by molar-refractivity contribution is -0.123. The topological polar surface area (TPSA) is 85.2 Å². The van der Waals surface area contributed by atoms with E-state index in [0.29, 0.717) is 17.3 Å². The van der Waals surface area contributed by atoms with Crippen LogP contribution in [-0.2, 0) is 9.59 Å². The first-order valence-electron chi connectivity index (χ1n) is 8.53. The molecule has 0 saturated heterocycles. The van der Waals surface area contributed by atoms with Gasteiger partial charge in [0.1, 0.15) is 17.6 Å². The lowest BCUT2D eigenvalue weighted by Gasteiger charge is -2.10. The number of nitrogens with one attached hydrogen (secondary N) is 2. The number of hydrogen-bond donors (Lipinski definition) is 2. The minimum atomic E-state index is -0.671. The van der Waals surface area contributed by atoms with Gasteiger partial charge in [0, 0.05) is 11.3 Å². The molecule has 2 amide bonds. The van der Waals surface area contributed by atoms with Crippen molar-refractivity contribution in [2.75, 3.05) is 17.7 Å². The molecule has 1 aromatic heterocycles. The minimum Gasteiger partial charge on any atom is -0.497 e. The largest absolute Gasteiger partial charge is 0.497 e. The quantitative estimate of drug-likeness (QED) is 0.730. The van der Waals surface area contributed by atoms with E-state index in [0.717, 1.165) is 11.1 Å². The molecule has 0 fully saturated rings. The number of carbonyl (C=O) groups excluding carboxylic acids is 2. The predicted octanol–water partition coefficient (Wildman–Crippen LogP) is 3.08. The van der Waals surface area contributed by atoms with Gasteiger partial charge in [-0.15, -0.1) is 0 Å². The summed E-state index contributed by atoms with van der Waals surface area (Å²) in [7, 11) is 1.58. The maximum absolute atomic E-state index is 12.4. The summed E-state index contributed by atoms with van der Waals surface area (Å²) in [6, 6.07) is 16.0. The molecule has 1 aliphatic rings. The second kappa shape index (κ2) is 6.95. The molecule has 4 rings (SSSR count). The average Bonchev–Trinajstić information content (AvgIpc) is 3.23. The van der Waals surface area contributed by atoms with Crippen LogP contribution in [0.25, 0.3) is 11.1 Å². The van der Waals surface area contributed by atoms with Gasteiger partial charge in [0.15, 0.2) is 0 Å². The molecule has 0 saturated carbocycles. The summed E-state index contributed by atoms with van der Waals surface area (Å²) < 4.78 is 6.68. The van der Waals surface area contributed by atoms with Crippen molar-refractivity contribution in [2.24, 2.45) is 0 Å². The van der Waals surface area contributed by atoms with E-state index in [1.807, 2.05) is 30.3 Å². The first-order valence-corrected chi connectivity index (χ1v) is 8.53. The smallest absolute Gasteiger partial charge is 0.251 e. The molecule has 7 nitrogen and oxygen atoms in total. The van der Waals surface area contributed by atoms with Gasteiger partial charge < -0.3 is 15.4 Å². The highest BCUT2D eigenvalue weighted by atomic mass is 16.5. The number of rotatable bonds is 5. The van der Waals surface area contributed by atoms with Crippen molar-refractivity contribution in [1.82, 2.24) is 9.78 Å². The van der Waals surface area contributed by atoms with Gasteiger partial charge in [-0.1, -0.05) is 30.3 Å². The molecule has 3 aromatic rings. The number of anilines is 2. The van der Waals surface area contributed by atoms with E-state index in [-0.39, 0.29) is 18.2 Å². The molecule has 27 heavy (non-hydrogen) atoms. The van der Waals surface area contributed by atoms with Gasteiger partial charge >= 0.3 is 0 Å². The zero-order chi connectivity index (χ0) is 18.8. The SMILES string of the molecule is COc1ccc(NC(=O)CC2C(=O)Nc3c(-c4ccccc4)cnn32)cc1. The van der Waals surface area contributed by atoms with Gasteiger partial charge in [-0.05, 0) is 29.8 Å². The van der Waals surface area contributed by atoms with Gasteiger partial charge in [0.25, 0.3) is 5.91 Å². The molecule has 1 aliphatic heterocycles. The van der Waals surface area contributed by atoms with Crippen LogP contribution in [-0.4, -0.2) is 28.7 Å². The number of aromatic nitrogens is 2. The number of ether oxygens (including phenoxy) is 1. The summed E-state index contributed by atoms with van der Waals surface area (Å²) >= 11 is 0. The molecule has 2 heterocycles. The molecular formula is C20H18N4O3. The third-order valence-corrected chi connectivity index (χ3v) is 4.47. The Hall–Kier alpha value is -3.61. The Balaban J connectivity index is 1.50. The van der Waals surface area contributed by atoms with E-state index in [4.69, 9.17) is 4.74 Å². The van der Waals surface area contributed by atoms with Crippen LogP contribution in [0.3, 0.4) is 0 Å². The maximum Gasteiger partial charge on any atom is 0.251 e. The summed E-state index contributed by atoms with van der Waals surface area (Å²) in [5.74, 6) is 0.830. The normalized spacial score (nSPS) is 15.1. The standard InChI is InChI=1S/C20H18N4O3/c1-27-15-9-7-14(8-10-15)22-18(25)11-17-20(26)23-19-16(12-21-24(17)19)13-5-3-2-4-6-13/h2-10,12,17H,11H2,1H3,(H,22,25)(H,23,26). The Morgan fingerprint density at radius 3 is 2.63 bits per heavy atom. The highest BCUT2D eigenvalue weighted by molar-refractivity contribution is 6.04. The second-order valence-electron chi connectivity index (χ2n) is 6.20. The van der Waals surface area contributed by atoms with Crippen molar-refractivity contribution >= 4 is 23.3 Å². The van der Waals surface area contributed by atoms with Gasteiger partial charge in [-0.2, -0.15) is 5.10 Å². The highest BCUT2D eigenvalue weighted by Gasteiger charge is 2.35. The first-order chi connectivity index (χ1) is 13.2. The Morgan fingerprint density at radius 1 is 1.19 bits per heavy atom. The maximum atomic E-state index is 12.4. The van der Waals surface area contributed by atoms with Crippen molar-refractivity contribution in [1.29, 1.82) is 0 Å². The minimum absolute atomic E-state index is 0.000766. The highest BCUT2D eigenvalue weighted by Crippen LogP contribution is 2.35. The summed E-state index contributed by atoms with van der Waals surface area (Å²) in [5, 5.41) is 9.96. The Kier molecular flexibility index (Phi) is 4.33. The molecule has 7 heteroatoms. The lowest BCUT2D eigenvalue weighted by atomic mass is 10.1. The van der Waals surface area contributed by atoms with Crippen LogP contribution >= 0.6 is 0 Å². The molecule has 0 aliphatic carbocycles. The van der Waals surface area contributed by atoms with E-state index in [9.17, 15) is 9.59 Å². The van der Waals surface area contributed by atoms with Gasteiger partial charge in [-0.25, -0.2) is 4.68 Å². The fraction of sp³-hybridized carbons (Fsp3) is 0.150. The molecule has 1 atom stereocenters. The van der Waals surface area contributed by atoms with Crippen LogP contribution in [0.5, 0.6) is 5.75 Å². The number of hydrogen-bond acceptors (Lipinski definition) is 4. The number of benzene rings is 2. The zero-order valence-electron chi connectivity index (χ0n) is 14.7. The van der Waals surface area contributed by atoms with Crippen molar-refractivity contribution in [3.63, 3.8) is 0 Å². The van der Waals surface area contributed by atoms with Gasteiger partial charge in [0.2, 0.25) is 5.91 Å². The molecular weight excluding hydrogens is 344 g/mol. The van der Waals surface area contributed by atoms with Crippen molar-refractivity contribution in [3.8, 4) is 16.9 Å². The summed E-state index contributed by atoms with van der Waals surface area (Å²) in [4.78, 5) is 24.8. The van der Waals surface area contributed by atoms with Crippen LogP contribution in [0.15, 0.2) is 60.8 Å². The number of methoxy groups -OCH3 is 1. The van der Waals surface area contributed by atoms with Gasteiger partial charge in [0.05, 0.1) is 19.7 Å². The lowest BCUT2D eigenvalue weighted by Crippen LogP contribution is -2.23. The van der Waals surface area contributed by atoms with Crippen LogP contribution in [0.4, 0.5) is 11.5 Å². The molecule has 2 N–H and O–H groups in total. The Bertz CT molecular complexity index is 980. The van der Waals surface area contributed by atoms with E-state index >= 15 is 0 Å². The number of nitrogens with zero attached hydrogens (tertiary/aromatic N) is 2. The average molecular weight is 362 g/mol. The van der Waals surface area contributed by atoms with E-state index in [1.165, 1.54) is 0 Å². The Morgan fingerprint density at radius 2 is 1.93 bits per heavy atom.